The number of anilines is 2. The van der Waals surface area contributed by atoms with Gasteiger partial charge in [-0.25, -0.2) is 9.18 Å². The van der Waals surface area contributed by atoms with Crippen LogP contribution in [0.3, 0.4) is 0 Å². The van der Waals surface area contributed by atoms with Gasteiger partial charge >= 0.3 is 6.03 Å². The zero-order valence-electron chi connectivity index (χ0n) is 23.7. The Morgan fingerprint density at radius 1 is 1.22 bits per heavy atom. The number of ether oxygens (including phenoxy) is 1. The van der Waals surface area contributed by atoms with Crippen molar-refractivity contribution in [3.05, 3.63) is 71.3 Å². The number of aliphatic hydroxyl groups is 1. The quantitative estimate of drug-likeness (QED) is 0.402. The third-order valence-corrected chi connectivity index (χ3v) is 7.07. The molecule has 0 fully saturated rings. The first-order valence-corrected chi connectivity index (χ1v) is 13.3. The number of carbonyl (C=O) groups is 3. The lowest BCUT2D eigenvalue weighted by Gasteiger charge is -2.38. The Morgan fingerprint density at radius 3 is 2.56 bits per heavy atom. The molecule has 1 aliphatic heterocycles. The summed E-state index contributed by atoms with van der Waals surface area (Å²) < 4.78 is 21.2. The summed E-state index contributed by atoms with van der Waals surface area (Å²) >= 11 is 0. The Balaban J connectivity index is 1.65. The lowest BCUT2D eigenvalue weighted by molar-refractivity contribution is 0.0372. The van der Waals surface area contributed by atoms with Crippen LogP contribution in [-0.4, -0.2) is 81.4 Å². The number of urea groups is 1. The smallest absolute Gasteiger partial charge is 0.321 e. The predicted molar refractivity (Wildman–Crippen MR) is 152 cm³/mol. The number of carbonyl (C=O) groups excluding carboxylic acids is 3. The van der Waals surface area contributed by atoms with Crippen LogP contribution >= 0.6 is 0 Å². The number of aryl methyl sites for hydroxylation is 2. The van der Waals surface area contributed by atoms with Gasteiger partial charge in [0.15, 0.2) is 5.75 Å². The minimum absolute atomic E-state index is 0.131. The highest BCUT2D eigenvalue weighted by atomic mass is 19.1. The number of benzene rings is 2. The molecule has 0 saturated heterocycles. The Hall–Kier alpha value is -4.45. The molecule has 4 rings (SSSR count). The van der Waals surface area contributed by atoms with Gasteiger partial charge in [-0.05, 0) is 56.3 Å². The molecule has 0 bridgehead atoms. The van der Waals surface area contributed by atoms with E-state index in [1.807, 2.05) is 6.92 Å². The largest absolute Gasteiger partial charge is 0.485 e. The van der Waals surface area contributed by atoms with Gasteiger partial charge in [0.1, 0.15) is 17.6 Å². The second-order valence-electron chi connectivity index (χ2n) is 10.4. The van der Waals surface area contributed by atoms with Gasteiger partial charge in [0.05, 0.1) is 36.1 Å². The number of rotatable bonds is 7. The van der Waals surface area contributed by atoms with Gasteiger partial charge in [-0.3, -0.25) is 14.3 Å². The van der Waals surface area contributed by atoms with Crippen molar-refractivity contribution in [2.75, 3.05) is 37.4 Å². The average Bonchev–Trinajstić information content (AvgIpc) is 3.29. The first-order chi connectivity index (χ1) is 19.5. The van der Waals surface area contributed by atoms with Crippen molar-refractivity contribution in [2.45, 2.75) is 32.9 Å². The summed E-state index contributed by atoms with van der Waals surface area (Å²) in [5.74, 6) is -1.29. The van der Waals surface area contributed by atoms with Crippen LogP contribution in [-0.2, 0) is 7.05 Å². The second-order valence-corrected chi connectivity index (χ2v) is 10.4. The molecular weight excluding hydrogens is 531 g/mol. The Morgan fingerprint density at radius 2 is 1.93 bits per heavy atom. The summed E-state index contributed by atoms with van der Waals surface area (Å²) in [4.78, 5) is 42.8. The fourth-order valence-corrected chi connectivity index (χ4v) is 4.67. The number of para-hydroxylation sites is 1. The number of amides is 4. The summed E-state index contributed by atoms with van der Waals surface area (Å²) in [5, 5.41) is 19.7. The standard InChI is InChI=1S/C29H35FN6O5/c1-17-14-36(19(3)16-37)28(39)22-7-6-8-23(32-27(38)24-13-18(2)33-35(24)5)26(22)41-25(17)15-34(4)29(40)31-21-11-9-20(30)10-12-21/h6-13,17,19,25,37H,14-16H2,1-5H3,(H,31,40)(H,32,38)/t17-,19+,25-/m1/s1. The van der Waals surface area contributed by atoms with Gasteiger partial charge in [0.2, 0.25) is 0 Å². The van der Waals surface area contributed by atoms with E-state index in [1.54, 1.807) is 57.1 Å². The van der Waals surface area contributed by atoms with Crippen LogP contribution in [0.1, 0.15) is 40.4 Å². The van der Waals surface area contributed by atoms with E-state index in [2.05, 4.69) is 15.7 Å². The summed E-state index contributed by atoms with van der Waals surface area (Å²) in [6.45, 7) is 5.58. The van der Waals surface area contributed by atoms with Gasteiger partial charge in [-0.1, -0.05) is 13.0 Å². The number of likely N-dealkylation sites (N-methyl/N-ethyl adjacent to an activating group) is 1. The van der Waals surface area contributed by atoms with Gasteiger partial charge < -0.3 is 30.3 Å². The van der Waals surface area contributed by atoms with E-state index in [1.165, 1.54) is 33.8 Å². The monoisotopic (exact) mass is 566 g/mol. The molecule has 0 radical (unpaired) electrons. The molecule has 11 nitrogen and oxygen atoms in total. The van der Waals surface area contributed by atoms with Gasteiger partial charge in [-0.2, -0.15) is 5.10 Å². The molecule has 0 spiro atoms. The minimum Gasteiger partial charge on any atom is -0.485 e. The van der Waals surface area contributed by atoms with E-state index in [0.717, 1.165) is 0 Å². The van der Waals surface area contributed by atoms with Crippen LogP contribution in [0, 0.1) is 18.7 Å². The van der Waals surface area contributed by atoms with Crippen LogP contribution in [0.2, 0.25) is 0 Å². The van der Waals surface area contributed by atoms with E-state index in [9.17, 15) is 23.9 Å². The molecule has 218 valence electrons. The van der Waals surface area contributed by atoms with Gasteiger partial charge in [0, 0.05) is 32.2 Å². The molecule has 0 aliphatic carbocycles. The number of aliphatic hydroxyl groups excluding tert-OH is 1. The number of hydrogen-bond acceptors (Lipinski definition) is 6. The summed E-state index contributed by atoms with van der Waals surface area (Å²) in [7, 11) is 3.27. The molecular formula is C29H35FN6O5. The molecule has 41 heavy (non-hydrogen) atoms. The second kappa shape index (κ2) is 12.4. The Bertz CT molecular complexity index is 1430. The summed E-state index contributed by atoms with van der Waals surface area (Å²) in [5.41, 5.74) is 1.95. The molecule has 0 unspecified atom stereocenters. The maximum absolute atomic E-state index is 13.7. The number of fused-ring (bicyclic) bond motifs is 1. The maximum Gasteiger partial charge on any atom is 0.321 e. The van der Waals surface area contributed by atoms with Crippen LogP contribution in [0.4, 0.5) is 20.6 Å². The summed E-state index contributed by atoms with van der Waals surface area (Å²) in [6, 6.07) is 11.1. The van der Waals surface area contributed by atoms with Crippen molar-refractivity contribution in [3.63, 3.8) is 0 Å². The number of hydrogen-bond donors (Lipinski definition) is 3. The van der Waals surface area contributed by atoms with Crippen molar-refractivity contribution in [1.29, 1.82) is 0 Å². The van der Waals surface area contributed by atoms with Crippen molar-refractivity contribution in [1.82, 2.24) is 19.6 Å². The van der Waals surface area contributed by atoms with E-state index < -0.39 is 29.9 Å². The topological polar surface area (TPSA) is 129 Å². The molecule has 12 heteroatoms. The van der Waals surface area contributed by atoms with Crippen molar-refractivity contribution >= 4 is 29.2 Å². The molecule has 3 N–H and O–H groups in total. The van der Waals surface area contributed by atoms with E-state index in [0.29, 0.717) is 17.1 Å². The molecule has 3 atom stereocenters. The van der Waals surface area contributed by atoms with E-state index >= 15 is 0 Å². The summed E-state index contributed by atoms with van der Waals surface area (Å²) in [6.07, 6.45) is -0.601. The van der Waals surface area contributed by atoms with Crippen molar-refractivity contribution < 1.29 is 28.6 Å². The molecule has 1 aromatic heterocycles. The first kappa shape index (κ1) is 29.5. The molecule has 2 aromatic carbocycles. The molecule has 3 aromatic rings. The highest BCUT2D eigenvalue weighted by molar-refractivity contribution is 6.06. The van der Waals surface area contributed by atoms with Gasteiger partial charge in [0.25, 0.3) is 11.8 Å². The number of nitrogens with one attached hydrogen (secondary N) is 2. The van der Waals surface area contributed by atoms with Gasteiger partial charge in [-0.15, -0.1) is 0 Å². The average molecular weight is 567 g/mol. The number of aromatic nitrogens is 2. The fraction of sp³-hybridized carbons (Fsp3) is 0.379. The van der Waals surface area contributed by atoms with Crippen molar-refractivity contribution in [3.8, 4) is 5.75 Å². The zero-order chi connectivity index (χ0) is 29.8. The van der Waals surface area contributed by atoms with Crippen LogP contribution in [0.5, 0.6) is 5.75 Å². The predicted octanol–water partition coefficient (Wildman–Crippen LogP) is 3.50. The fourth-order valence-electron chi connectivity index (χ4n) is 4.67. The zero-order valence-corrected chi connectivity index (χ0v) is 23.7. The number of nitrogens with zero attached hydrogens (tertiary/aromatic N) is 4. The van der Waals surface area contributed by atoms with Crippen LogP contribution in [0.25, 0.3) is 0 Å². The van der Waals surface area contributed by atoms with E-state index in [4.69, 9.17) is 4.74 Å². The minimum atomic E-state index is -0.601. The Labute approximate surface area is 237 Å². The molecule has 0 saturated carbocycles. The van der Waals surface area contributed by atoms with E-state index in [-0.39, 0.29) is 48.5 Å². The molecule has 1 aliphatic rings. The van der Waals surface area contributed by atoms with Crippen LogP contribution in [0.15, 0.2) is 48.5 Å². The highest BCUT2D eigenvalue weighted by Crippen LogP contribution is 2.35. The third-order valence-electron chi connectivity index (χ3n) is 7.07. The first-order valence-electron chi connectivity index (χ1n) is 13.3. The molecule has 2 heterocycles. The third kappa shape index (κ3) is 6.65. The number of halogens is 1. The lowest BCUT2D eigenvalue weighted by atomic mass is 9.99. The maximum atomic E-state index is 13.7. The SMILES string of the molecule is Cc1cc(C(=O)Nc2cccc3c2O[C@H](CN(C)C(=O)Nc2ccc(F)cc2)[C@H](C)CN([C@@H](C)CO)C3=O)n(C)n1. The highest BCUT2D eigenvalue weighted by Gasteiger charge is 2.35. The van der Waals surface area contributed by atoms with Crippen molar-refractivity contribution in [2.24, 2.45) is 13.0 Å². The molecule has 4 amide bonds. The van der Waals surface area contributed by atoms with Crippen LogP contribution < -0.4 is 15.4 Å². The normalized spacial score (nSPS) is 17.5. The Kier molecular flexibility index (Phi) is 8.92. The lowest BCUT2D eigenvalue weighted by Crippen LogP contribution is -2.50.